The maximum absolute atomic E-state index is 2.40. The molecule has 14 heavy (non-hydrogen) atoms. The second-order valence-electron chi connectivity index (χ2n) is 5.33. The summed E-state index contributed by atoms with van der Waals surface area (Å²) in [5, 5.41) is 1.24. The molecular formula is C11H18S3. The summed E-state index contributed by atoms with van der Waals surface area (Å²) < 4.78 is 0. The van der Waals surface area contributed by atoms with Crippen molar-refractivity contribution in [2.75, 3.05) is 16.6 Å². The van der Waals surface area contributed by atoms with E-state index in [4.69, 9.17) is 0 Å². The Labute approximate surface area is 100 Å². The molecule has 0 atom stereocenters. The molecular weight excluding hydrogens is 228 g/mol. The molecule has 3 heteroatoms. The van der Waals surface area contributed by atoms with Gasteiger partial charge < -0.3 is 0 Å². The molecule has 2 rings (SSSR count). The zero-order chi connectivity index (χ0) is 10.4. The van der Waals surface area contributed by atoms with Gasteiger partial charge in [0.25, 0.3) is 0 Å². The zero-order valence-electron chi connectivity index (χ0n) is 9.35. The molecule has 80 valence electrons. The Hall–Kier alpha value is 0.790. The van der Waals surface area contributed by atoms with E-state index in [1.54, 1.807) is 9.81 Å². The minimum absolute atomic E-state index is 0.405. The summed E-state index contributed by atoms with van der Waals surface area (Å²) in [5.74, 6) is 2.56. The first-order valence-electron chi connectivity index (χ1n) is 5.02. The number of hydrogen-bond acceptors (Lipinski definition) is 3. The van der Waals surface area contributed by atoms with E-state index < -0.39 is 0 Å². The lowest BCUT2D eigenvalue weighted by molar-refractivity contribution is 0.516. The predicted octanol–water partition coefficient (Wildman–Crippen LogP) is 4.43. The minimum Gasteiger partial charge on any atom is -0.160 e. The first-order valence-corrected chi connectivity index (χ1v) is 8.15. The summed E-state index contributed by atoms with van der Waals surface area (Å²) in [6.07, 6.45) is 0. The minimum atomic E-state index is 0.405. The average Bonchev–Trinajstić information content (AvgIpc) is 2.48. The van der Waals surface area contributed by atoms with Crippen molar-refractivity contribution in [2.45, 2.75) is 27.7 Å². The van der Waals surface area contributed by atoms with Crippen LogP contribution in [0.15, 0.2) is 9.81 Å². The monoisotopic (exact) mass is 246 g/mol. The third-order valence-corrected chi connectivity index (χ3v) is 7.78. The van der Waals surface area contributed by atoms with Gasteiger partial charge in [-0.2, -0.15) is 11.8 Å². The molecule has 0 saturated heterocycles. The maximum Gasteiger partial charge on any atom is 0.0481 e. The van der Waals surface area contributed by atoms with Crippen LogP contribution in [0.25, 0.3) is 0 Å². The van der Waals surface area contributed by atoms with Gasteiger partial charge in [-0.25, -0.2) is 0 Å². The fourth-order valence-corrected chi connectivity index (χ4v) is 6.84. The highest BCUT2D eigenvalue weighted by atomic mass is 32.2. The van der Waals surface area contributed by atoms with E-state index in [0.717, 1.165) is 0 Å². The quantitative estimate of drug-likeness (QED) is 0.620. The topological polar surface area (TPSA) is 0 Å². The van der Waals surface area contributed by atoms with Crippen LogP contribution in [-0.2, 0) is 0 Å². The molecule has 2 aliphatic rings. The van der Waals surface area contributed by atoms with Gasteiger partial charge in [-0.05, 0) is 0 Å². The normalized spacial score (nSPS) is 30.0. The predicted molar refractivity (Wildman–Crippen MR) is 72.0 cm³/mol. The molecule has 0 unspecified atom stereocenters. The molecule has 0 aromatic rings. The van der Waals surface area contributed by atoms with E-state index in [-0.39, 0.29) is 0 Å². The molecule has 0 nitrogen and oxygen atoms in total. The molecule has 2 aliphatic heterocycles. The van der Waals surface area contributed by atoms with Crippen molar-refractivity contribution >= 4 is 35.3 Å². The van der Waals surface area contributed by atoms with E-state index in [2.05, 4.69) is 63.0 Å². The van der Waals surface area contributed by atoms with Crippen LogP contribution < -0.4 is 0 Å². The smallest absolute Gasteiger partial charge is 0.0481 e. The van der Waals surface area contributed by atoms with Gasteiger partial charge in [-0.3, -0.25) is 0 Å². The Morgan fingerprint density at radius 3 is 1.71 bits per heavy atom. The molecule has 0 radical (unpaired) electrons. The molecule has 2 heterocycles. The van der Waals surface area contributed by atoms with Gasteiger partial charge >= 0.3 is 0 Å². The second kappa shape index (κ2) is 3.67. The van der Waals surface area contributed by atoms with Gasteiger partial charge in [0.05, 0.1) is 0 Å². The second-order valence-corrected chi connectivity index (χ2v) is 8.65. The summed E-state index contributed by atoms with van der Waals surface area (Å²) in [7, 11) is 0. The van der Waals surface area contributed by atoms with Crippen molar-refractivity contribution in [3.63, 3.8) is 0 Å². The van der Waals surface area contributed by atoms with Crippen LogP contribution in [0.3, 0.4) is 0 Å². The third-order valence-electron chi connectivity index (χ3n) is 2.77. The highest BCUT2D eigenvalue weighted by Crippen LogP contribution is 2.57. The Balaban J connectivity index is 2.44. The Morgan fingerprint density at radius 2 is 1.29 bits per heavy atom. The largest absolute Gasteiger partial charge is 0.160 e. The van der Waals surface area contributed by atoms with Crippen LogP contribution in [0.4, 0.5) is 0 Å². The van der Waals surface area contributed by atoms with Crippen molar-refractivity contribution in [2.24, 2.45) is 10.8 Å². The van der Waals surface area contributed by atoms with E-state index in [0.29, 0.717) is 10.8 Å². The van der Waals surface area contributed by atoms with Crippen LogP contribution in [0, 0.1) is 10.8 Å². The van der Waals surface area contributed by atoms with Crippen LogP contribution in [-0.4, -0.2) is 16.6 Å². The molecule has 0 spiro atoms. The molecule has 0 amide bonds. The van der Waals surface area contributed by atoms with Crippen molar-refractivity contribution < 1.29 is 0 Å². The summed E-state index contributed by atoms with van der Waals surface area (Å²) in [6.45, 7) is 9.59. The number of allylic oxidation sites excluding steroid dienone is 2. The molecule has 0 bridgehead atoms. The van der Waals surface area contributed by atoms with Gasteiger partial charge in [0.1, 0.15) is 0 Å². The van der Waals surface area contributed by atoms with E-state index in [1.165, 1.54) is 16.6 Å². The Bertz CT molecular complexity index is 250. The SMILES string of the molecule is CC1(C)CSCC(C)(C)C2=C1SCS2. The summed E-state index contributed by atoms with van der Waals surface area (Å²) in [6, 6.07) is 0. The first-order chi connectivity index (χ1) is 6.43. The maximum atomic E-state index is 2.40. The first kappa shape index (κ1) is 11.3. The average molecular weight is 246 g/mol. The third kappa shape index (κ3) is 1.88. The van der Waals surface area contributed by atoms with E-state index >= 15 is 0 Å². The number of hydrogen-bond donors (Lipinski definition) is 0. The standard InChI is InChI=1S/C11H18S3/c1-10(2)5-12-6-11(3,4)9-8(10)13-7-14-9/h5-7H2,1-4H3. The molecule has 0 N–H and O–H groups in total. The number of thioether (sulfide) groups is 3. The van der Waals surface area contributed by atoms with E-state index in [1.807, 2.05) is 0 Å². The Kier molecular flexibility index (Phi) is 2.96. The van der Waals surface area contributed by atoms with E-state index in [9.17, 15) is 0 Å². The van der Waals surface area contributed by atoms with Gasteiger partial charge in [0.2, 0.25) is 0 Å². The summed E-state index contributed by atoms with van der Waals surface area (Å²) >= 11 is 6.27. The van der Waals surface area contributed by atoms with Crippen LogP contribution in [0.1, 0.15) is 27.7 Å². The van der Waals surface area contributed by atoms with Crippen LogP contribution in [0.2, 0.25) is 0 Å². The van der Waals surface area contributed by atoms with Crippen LogP contribution >= 0.6 is 35.3 Å². The highest BCUT2D eigenvalue weighted by molar-refractivity contribution is 8.22. The van der Waals surface area contributed by atoms with Gasteiger partial charge in [0, 0.05) is 37.2 Å². The molecule has 0 aliphatic carbocycles. The zero-order valence-corrected chi connectivity index (χ0v) is 11.8. The molecule has 0 aromatic heterocycles. The van der Waals surface area contributed by atoms with Crippen molar-refractivity contribution in [1.82, 2.24) is 0 Å². The molecule has 0 fully saturated rings. The highest BCUT2D eigenvalue weighted by Gasteiger charge is 2.39. The van der Waals surface area contributed by atoms with Crippen molar-refractivity contribution in [1.29, 1.82) is 0 Å². The van der Waals surface area contributed by atoms with Crippen LogP contribution in [0.5, 0.6) is 0 Å². The lowest BCUT2D eigenvalue weighted by atomic mass is 9.88. The number of rotatable bonds is 0. The molecule has 0 aromatic carbocycles. The lowest BCUT2D eigenvalue weighted by Gasteiger charge is -2.26. The lowest BCUT2D eigenvalue weighted by Crippen LogP contribution is -2.17. The van der Waals surface area contributed by atoms with Crippen molar-refractivity contribution in [3.8, 4) is 0 Å². The van der Waals surface area contributed by atoms with Crippen molar-refractivity contribution in [3.05, 3.63) is 9.81 Å². The fourth-order valence-electron chi connectivity index (χ4n) is 1.98. The van der Waals surface area contributed by atoms with Gasteiger partial charge in [0.15, 0.2) is 0 Å². The Morgan fingerprint density at radius 1 is 0.857 bits per heavy atom. The van der Waals surface area contributed by atoms with Gasteiger partial charge in [-0.15, -0.1) is 23.5 Å². The summed E-state index contributed by atoms with van der Waals surface area (Å²) in [4.78, 5) is 3.36. The van der Waals surface area contributed by atoms with Gasteiger partial charge in [-0.1, -0.05) is 27.7 Å². The summed E-state index contributed by atoms with van der Waals surface area (Å²) in [5.41, 5.74) is 0.809. The molecule has 0 saturated carbocycles. The fraction of sp³-hybridized carbons (Fsp3) is 0.818.